The number of anilines is 1. The van der Waals surface area contributed by atoms with E-state index >= 15 is 0 Å². The predicted octanol–water partition coefficient (Wildman–Crippen LogP) is 2.31. The lowest BCUT2D eigenvalue weighted by atomic mass is 10.2. The Kier molecular flexibility index (Phi) is 4.22. The molecular weight excluding hydrogens is 325 g/mol. The van der Waals surface area contributed by atoms with E-state index in [4.69, 9.17) is 22.3 Å². The topological polar surface area (TPSA) is 89.0 Å². The van der Waals surface area contributed by atoms with E-state index in [1.54, 1.807) is 0 Å². The zero-order chi connectivity index (χ0) is 14.8. The quantitative estimate of drug-likeness (QED) is 0.871. The molecule has 2 rings (SSSR count). The van der Waals surface area contributed by atoms with Crippen molar-refractivity contribution in [3.8, 4) is 0 Å². The van der Waals surface area contributed by atoms with Gasteiger partial charge in [0.15, 0.2) is 0 Å². The first kappa shape index (κ1) is 14.7. The first-order valence-electron chi connectivity index (χ1n) is 5.20. The van der Waals surface area contributed by atoms with Crippen molar-refractivity contribution >= 4 is 42.9 Å². The molecule has 0 spiro atoms. The molecule has 104 valence electrons. The molecule has 6 nitrogen and oxygen atoms in total. The van der Waals surface area contributed by atoms with E-state index in [2.05, 4.69) is 15.5 Å². The number of rotatable bonds is 3. The number of aromatic nitrogens is 2. The van der Waals surface area contributed by atoms with Crippen molar-refractivity contribution < 1.29 is 13.2 Å². The Labute approximate surface area is 124 Å². The fraction of sp³-hybridized carbons (Fsp3) is 0. The van der Waals surface area contributed by atoms with E-state index in [0.717, 1.165) is 6.07 Å². The number of benzene rings is 1. The summed E-state index contributed by atoms with van der Waals surface area (Å²) in [7, 11) is 1.33. The average molecular weight is 332 g/mol. The number of halogens is 2. The Bertz CT molecular complexity index is 751. The third-order valence-electron chi connectivity index (χ3n) is 2.32. The van der Waals surface area contributed by atoms with Crippen LogP contribution in [-0.2, 0) is 9.05 Å². The molecule has 1 aromatic carbocycles. The highest BCUT2D eigenvalue weighted by Crippen LogP contribution is 2.27. The van der Waals surface area contributed by atoms with Gasteiger partial charge in [0.05, 0.1) is 33.6 Å². The van der Waals surface area contributed by atoms with E-state index in [0.29, 0.717) is 5.56 Å². The van der Waals surface area contributed by atoms with Crippen LogP contribution in [0.25, 0.3) is 0 Å². The highest BCUT2D eigenvalue weighted by Gasteiger charge is 2.14. The van der Waals surface area contributed by atoms with Crippen LogP contribution < -0.4 is 5.32 Å². The largest absolute Gasteiger partial charge is 0.321 e. The lowest BCUT2D eigenvalue weighted by molar-refractivity contribution is 0.102. The van der Waals surface area contributed by atoms with Gasteiger partial charge < -0.3 is 5.32 Å². The molecule has 1 amide bonds. The van der Waals surface area contributed by atoms with Crippen molar-refractivity contribution in [1.82, 2.24) is 10.2 Å². The first-order valence-corrected chi connectivity index (χ1v) is 7.89. The van der Waals surface area contributed by atoms with Crippen LogP contribution in [0.5, 0.6) is 0 Å². The van der Waals surface area contributed by atoms with Crippen LogP contribution in [0.1, 0.15) is 10.4 Å². The summed E-state index contributed by atoms with van der Waals surface area (Å²) >= 11 is 5.90. The fourth-order valence-corrected chi connectivity index (χ4v) is 2.44. The van der Waals surface area contributed by atoms with Crippen LogP contribution in [0.4, 0.5) is 5.69 Å². The summed E-state index contributed by atoms with van der Waals surface area (Å²) in [6.45, 7) is 0. The van der Waals surface area contributed by atoms with E-state index in [1.165, 1.54) is 30.6 Å². The van der Waals surface area contributed by atoms with Crippen LogP contribution in [0.15, 0.2) is 41.6 Å². The van der Waals surface area contributed by atoms with Crippen LogP contribution in [0.3, 0.4) is 0 Å². The van der Waals surface area contributed by atoms with Crippen LogP contribution >= 0.6 is 22.3 Å². The number of hydrogen-bond acceptors (Lipinski definition) is 5. The predicted molar refractivity (Wildman–Crippen MR) is 74.5 cm³/mol. The van der Waals surface area contributed by atoms with E-state index in [1.807, 2.05) is 0 Å². The third kappa shape index (κ3) is 3.44. The molecule has 1 N–H and O–H groups in total. The molecule has 0 radical (unpaired) electrons. The Morgan fingerprint density at radius 2 is 1.95 bits per heavy atom. The Morgan fingerprint density at radius 3 is 2.50 bits per heavy atom. The second-order valence-corrected chi connectivity index (χ2v) is 6.64. The number of nitrogens with zero attached hydrogens (tertiary/aromatic N) is 2. The Hall–Kier alpha value is -1.70. The molecule has 0 unspecified atom stereocenters. The summed E-state index contributed by atoms with van der Waals surface area (Å²) in [5.74, 6) is -0.441. The molecule has 1 heterocycles. The van der Waals surface area contributed by atoms with Gasteiger partial charge in [0, 0.05) is 10.7 Å². The number of carbonyl (C=O) groups is 1. The summed E-state index contributed by atoms with van der Waals surface area (Å²) < 4.78 is 22.3. The number of amides is 1. The zero-order valence-electron chi connectivity index (χ0n) is 9.75. The lowest BCUT2D eigenvalue weighted by Crippen LogP contribution is -2.12. The zero-order valence-corrected chi connectivity index (χ0v) is 12.1. The summed E-state index contributed by atoms with van der Waals surface area (Å²) in [5.41, 5.74) is 0.558. The molecule has 0 saturated carbocycles. The summed E-state index contributed by atoms with van der Waals surface area (Å²) in [5, 5.41) is 9.72. The Morgan fingerprint density at radius 1 is 1.20 bits per heavy atom. The van der Waals surface area contributed by atoms with Gasteiger partial charge in [-0.15, -0.1) is 0 Å². The molecule has 2 aromatic rings. The molecule has 0 atom stereocenters. The number of hydrogen-bond donors (Lipinski definition) is 1. The molecule has 9 heteroatoms. The average Bonchev–Trinajstić information content (AvgIpc) is 2.41. The number of carbonyl (C=O) groups excluding carboxylic acids is 1. The monoisotopic (exact) mass is 331 g/mol. The van der Waals surface area contributed by atoms with Crippen molar-refractivity contribution in [2.75, 3.05) is 5.32 Å². The van der Waals surface area contributed by atoms with E-state index in [-0.39, 0.29) is 15.6 Å². The van der Waals surface area contributed by atoms with Gasteiger partial charge >= 0.3 is 0 Å². The van der Waals surface area contributed by atoms with E-state index < -0.39 is 15.0 Å². The van der Waals surface area contributed by atoms with E-state index in [9.17, 15) is 13.2 Å². The van der Waals surface area contributed by atoms with Crippen LogP contribution in [0, 0.1) is 0 Å². The second-order valence-electron chi connectivity index (χ2n) is 3.66. The van der Waals surface area contributed by atoms with Gasteiger partial charge in [-0.2, -0.15) is 10.2 Å². The summed E-state index contributed by atoms with van der Waals surface area (Å²) in [6, 6.07) is 5.23. The Balaban J connectivity index is 2.25. The maximum absolute atomic E-state index is 11.9. The van der Waals surface area contributed by atoms with Crippen molar-refractivity contribution in [2.24, 2.45) is 0 Å². The van der Waals surface area contributed by atoms with Gasteiger partial charge in [0.2, 0.25) is 0 Å². The molecule has 0 saturated heterocycles. The lowest BCUT2D eigenvalue weighted by Gasteiger charge is -2.07. The van der Waals surface area contributed by atoms with Crippen molar-refractivity contribution in [3.63, 3.8) is 0 Å². The van der Waals surface area contributed by atoms with Gasteiger partial charge in [-0.25, -0.2) is 8.42 Å². The minimum atomic E-state index is -3.87. The minimum Gasteiger partial charge on any atom is -0.321 e. The number of nitrogens with one attached hydrogen (secondary N) is 1. The van der Waals surface area contributed by atoms with Gasteiger partial charge in [0.1, 0.15) is 0 Å². The van der Waals surface area contributed by atoms with Crippen LogP contribution in [-0.4, -0.2) is 24.5 Å². The normalized spacial score (nSPS) is 11.1. The smallest absolute Gasteiger partial charge is 0.261 e. The third-order valence-corrected chi connectivity index (χ3v) is 3.98. The minimum absolute atomic E-state index is 0.0575. The van der Waals surface area contributed by atoms with Crippen molar-refractivity contribution in [1.29, 1.82) is 0 Å². The molecule has 0 aliphatic rings. The van der Waals surface area contributed by atoms with Crippen LogP contribution in [0.2, 0.25) is 5.02 Å². The standard InChI is InChI=1S/C11H7Cl2N3O3S/c12-9-5-8(20(13,18)19)1-2-10(9)16-11(17)7-3-4-14-15-6-7/h1-6H,(H,16,17). The maximum Gasteiger partial charge on any atom is 0.261 e. The molecule has 1 aromatic heterocycles. The fourth-order valence-electron chi connectivity index (χ4n) is 1.37. The van der Waals surface area contributed by atoms with Crippen molar-refractivity contribution in [3.05, 3.63) is 47.2 Å². The van der Waals surface area contributed by atoms with Crippen molar-refractivity contribution in [2.45, 2.75) is 4.90 Å². The highest BCUT2D eigenvalue weighted by atomic mass is 35.7. The molecule has 0 fully saturated rings. The highest BCUT2D eigenvalue weighted by molar-refractivity contribution is 8.13. The summed E-state index contributed by atoms with van der Waals surface area (Å²) in [6.07, 6.45) is 2.67. The maximum atomic E-state index is 11.9. The first-order chi connectivity index (χ1) is 9.38. The van der Waals surface area contributed by atoms with Gasteiger partial charge in [0.25, 0.3) is 15.0 Å². The molecular formula is C11H7Cl2N3O3S. The SMILES string of the molecule is O=C(Nc1ccc(S(=O)(=O)Cl)cc1Cl)c1ccnnc1. The molecule has 0 aliphatic heterocycles. The second kappa shape index (κ2) is 5.74. The van der Waals surface area contributed by atoms with Gasteiger partial charge in [-0.05, 0) is 24.3 Å². The van der Waals surface area contributed by atoms with Gasteiger partial charge in [-0.3, -0.25) is 4.79 Å². The molecule has 20 heavy (non-hydrogen) atoms. The van der Waals surface area contributed by atoms with Gasteiger partial charge in [-0.1, -0.05) is 11.6 Å². The molecule has 0 bridgehead atoms. The summed E-state index contributed by atoms with van der Waals surface area (Å²) in [4.78, 5) is 11.7. The molecule has 0 aliphatic carbocycles.